The number of hydrogen-bond donors (Lipinski definition) is 3. The van der Waals surface area contributed by atoms with Gasteiger partial charge < -0.3 is 20.9 Å². The van der Waals surface area contributed by atoms with Gasteiger partial charge in [-0.05, 0) is 12.1 Å². The lowest BCUT2D eigenvalue weighted by Gasteiger charge is -2.09. The first-order chi connectivity index (χ1) is 9.10. The number of nitrogens with zero attached hydrogens (tertiary/aromatic N) is 2. The molecule has 0 fully saturated rings. The van der Waals surface area contributed by atoms with E-state index in [9.17, 15) is 4.79 Å². The van der Waals surface area contributed by atoms with Gasteiger partial charge in [0.15, 0.2) is 0 Å². The second-order valence-corrected chi connectivity index (χ2v) is 3.68. The van der Waals surface area contributed by atoms with Crippen molar-refractivity contribution in [1.29, 1.82) is 0 Å². The van der Waals surface area contributed by atoms with E-state index in [0.29, 0.717) is 11.6 Å². The van der Waals surface area contributed by atoms with E-state index in [0.717, 1.165) is 0 Å². The monoisotopic (exact) mass is 260 g/mol. The Kier molecular flexibility index (Phi) is 3.46. The number of hydrogen-bond acceptors (Lipinski definition) is 6. The number of carboxylic acids is 1. The maximum Gasteiger partial charge on any atom is 0.339 e. The molecule has 7 heteroatoms. The fourth-order valence-corrected chi connectivity index (χ4v) is 1.46. The van der Waals surface area contributed by atoms with Crippen LogP contribution in [0.25, 0.3) is 0 Å². The third-order valence-corrected chi connectivity index (χ3v) is 2.35. The van der Waals surface area contributed by atoms with Crippen LogP contribution in [0.2, 0.25) is 0 Å². The Morgan fingerprint density at radius 2 is 2.16 bits per heavy atom. The zero-order valence-corrected chi connectivity index (χ0v) is 10.1. The first-order valence-electron chi connectivity index (χ1n) is 5.36. The maximum absolute atomic E-state index is 11.1. The molecule has 2 aromatic rings. The summed E-state index contributed by atoms with van der Waals surface area (Å²) < 4.78 is 4.93. The van der Waals surface area contributed by atoms with Gasteiger partial charge in [-0.25, -0.2) is 14.8 Å². The van der Waals surface area contributed by atoms with Gasteiger partial charge in [0.05, 0.1) is 30.9 Å². The second kappa shape index (κ2) is 5.21. The van der Waals surface area contributed by atoms with Gasteiger partial charge in [0.1, 0.15) is 11.4 Å². The molecule has 0 unspecified atom stereocenters. The minimum atomic E-state index is -1.11. The quantitative estimate of drug-likeness (QED) is 0.764. The van der Waals surface area contributed by atoms with Gasteiger partial charge in [-0.15, -0.1) is 0 Å². The second-order valence-electron chi connectivity index (χ2n) is 3.68. The van der Waals surface area contributed by atoms with E-state index in [1.54, 1.807) is 12.1 Å². The Morgan fingerprint density at radius 3 is 2.74 bits per heavy atom. The summed E-state index contributed by atoms with van der Waals surface area (Å²) in [6.45, 7) is 0. The van der Waals surface area contributed by atoms with Gasteiger partial charge in [0.2, 0.25) is 5.88 Å². The highest BCUT2D eigenvalue weighted by Gasteiger charge is 2.12. The van der Waals surface area contributed by atoms with Gasteiger partial charge in [-0.3, -0.25) is 0 Å². The first kappa shape index (κ1) is 12.6. The van der Waals surface area contributed by atoms with E-state index in [1.807, 2.05) is 0 Å². The van der Waals surface area contributed by atoms with Crippen molar-refractivity contribution in [3.05, 3.63) is 36.2 Å². The van der Waals surface area contributed by atoms with Gasteiger partial charge in [0.25, 0.3) is 0 Å². The molecule has 0 aliphatic carbocycles. The molecule has 2 aromatic heterocycles. The molecule has 19 heavy (non-hydrogen) atoms. The zero-order chi connectivity index (χ0) is 13.8. The standard InChI is InChI=1S/C12H12N4O3/c1-19-10-3-2-8(6-14-10)16-11-9(12(17)18)4-7(13)5-15-11/h2-6H,13H2,1H3,(H,15,16)(H,17,18). The number of pyridine rings is 2. The van der Waals surface area contributed by atoms with E-state index < -0.39 is 5.97 Å². The molecule has 4 N–H and O–H groups in total. The summed E-state index contributed by atoms with van der Waals surface area (Å²) in [5, 5.41) is 11.9. The number of nitrogens with two attached hydrogens (primary N) is 1. The van der Waals surface area contributed by atoms with Crippen LogP contribution in [0.3, 0.4) is 0 Å². The lowest BCUT2D eigenvalue weighted by Crippen LogP contribution is -2.06. The third kappa shape index (κ3) is 2.89. The van der Waals surface area contributed by atoms with Crippen molar-refractivity contribution in [3.8, 4) is 5.88 Å². The summed E-state index contributed by atoms with van der Waals surface area (Å²) in [5.41, 5.74) is 6.40. The summed E-state index contributed by atoms with van der Waals surface area (Å²) in [7, 11) is 1.51. The number of aromatic nitrogens is 2. The number of anilines is 3. The number of rotatable bonds is 4. The molecule has 0 bridgehead atoms. The zero-order valence-electron chi connectivity index (χ0n) is 10.1. The molecule has 7 nitrogen and oxygen atoms in total. The normalized spacial score (nSPS) is 9.95. The Hall–Kier alpha value is -2.83. The van der Waals surface area contributed by atoms with Gasteiger partial charge in [-0.1, -0.05) is 0 Å². The van der Waals surface area contributed by atoms with Crippen molar-refractivity contribution in [2.75, 3.05) is 18.2 Å². The highest BCUT2D eigenvalue weighted by molar-refractivity contribution is 5.94. The summed E-state index contributed by atoms with van der Waals surface area (Å²) in [6.07, 6.45) is 2.90. The van der Waals surface area contributed by atoms with E-state index in [2.05, 4.69) is 15.3 Å². The molecule has 2 rings (SSSR count). The van der Waals surface area contributed by atoms with E-state index in [-0.39, 0.29) is 17.1 Å². The fraction of sp³-hybridized carbons (Fsp3) is 0.0833. The van der Waals surface area contributed by atoms with Crippen LogP contribution in [0.1, 0.15) is 10.4 Å². The first-order valence-corrected chi connectivity index (χ1v) is 5.36. The number of ether oxygens (including phenoxy) is 1. The average molecular weight is 260 g/mol. The van der Waals surface area contributed by atoms with Crippen molar-refractivity contribution in [3.63, 3.8) is 0 Å². The van der Waals surface area contributed by atoms with E-state index >= 15 is 0 Å². The molecule has 0 saturated carbocycles. The number of methoxy groups -OCH3 is 1. The van der Waals surface area contributed by atoms with Crippen LogP contribution in [0.15, 0.2) is 30.6 Å². The number of nitrogens with one attached hydrogen (secondary N) is 1. The topological polar surface area (TPSA) is 110 Å². The van der Waals surface area contributed by atoms with Gasteiger partial charge >= 0.3 is 5.97 Å². The Bertz CT molecular complexity index is 598. The Labute approximate surface area is 109 Å². The summed E-state index contributed by atoms with van der Waals surface area (Å²) in [4.78, 5) is 19.1. The van der Waals surface area contributed by atoms with Crippen LogP contribution >= 0.6 is 0 Å². The Morgan fingerprint density at radius 1 is 1.37 bits per heavy atom. The van der Waals surface area contributed by atoms with Gasteiger partial charge in [0, 0.05) is 6.07 Å². The lowest BCUT2D eigenvalue weighted by atomic mass is 10.2. The minimum Gasteiger partial charge on any atom is -0.481 e. The number of carbonyl (C=O) groups is 1. The Balaban J connectivity index is 2.29. The molecule has 2 heterocycles. The molecule has 0 aliphatic rings. The summed E-state index contributed by atoms with van der Waals surface area (Å²) >= 11 is 0. The number of carboxylic acid groups (broad SMARTS) is 1. The fourth-order valence-electron chi connectivity index (χ4n) is 1.46. The molecule has 0 saturated heterocycles. The molecule has 0 aliphatic heterocycles. The predicted octanol–water partition coefficient (Wildman–Crippen LogP) is 1.51. The van der Waals surface area contributed by atoms with Crippen molar-refractivity contribution in [2.45, 2.75) is 0 Å². The summed E-state index contributed by atoms with van der Waals surface area (Å²) in [6, 6.07) is 4.70. The molecule has 98 valence electrons. The molecular weight excluding hydrogens is 248 g/mol. The lowest BCUT2D eigenvalue weighted by molar-refractivity contribution is 0.0697. The van der Waals surface area contributed by atoms with E-state index in [4.69, 9.17) is 15.6 Å². The molecule has 0 atom stereocenters. The highest BCUT2D eigenvalue weighted by atomic mass is 16.5. The molecule has 0 spiro atoms. The van der Waals surface area contributed by atoms with Crippen LogP contribution in [-0.2, 0) is 0 Å². The van der Waals surface area contributed by atoms with E-state index in [1.165, 1.54) is 25.6 Å². The highest BCUT2D eigenvalue weighted by Crippen LogP contribution is 2.21. The van der Waals surface area contributed by atoms with Crippen LogP contribution in [0.4, 0.5) is 17.2 Å². The van der Waals surface area contributed by atoms with Crippen molar-refractivity contribution in [2.24, 2.45) is 0 Å². The largest absolute Gasteiger partial charge is 0.481 e. The van der Waals surface area contributed by atoms with Crippen LogP contribution < -0.4 is 15.8 Å². The van der Waals surface area contributed by atoms with Gasteiger partial charge in [-0.2, -0.15) is 0 Å². The molecule has 0 amide bonds. The molecule has 0 radical (unpaired) electrons. The third-order valence-electron chi connectivity index (χ3n) is 2.35. The minimum absolute atomic E-state index is 0.00387. The van der Waals surface area contributed by atoms with Crippen LogP contribution in [0, 0.1) is 0 Å². The number of aromatic carboxylic acids is 1. The molecular formula is C12H12N4O3. The van der Waals surface area contributed by atoms with Crippen molar-refractivity contribution in [1.82, 2.24) is 9.97 Å². The SMILES string of the molecule is COc1ccc(Nc2ncc(N)cc2C(=O)O)cn1. The van der Waals surface area contributed by atoms with Crippen LogP contribution in [0.5, 0.6) is 5.88 Å². The molecule has 0 aromatic carbocycles. The summed E-state index contributed by atoms with van der Waals surface area (Å²) in [5.74, 6) is -0.438. The van der Waals surface area contributed by atoms with Crippen molar-refractivity contribution < 1.29 is 14.6 Å². The van der Waals surface area contributed by atoms with Crippen LogP contribution in [-0.4, -0.2) is 28.2 Å². The number of nitrogen functional groups attached to an aromatic ring is 1. The van der Waals surface area contributed by atoms with Crippen molar-refractivity contribution >= 4 is 23.2 Å². The smallest absolute Gasteiger partial charge is 0.339 e. The maximum atomic E-state index is 11.1. The predicted molar refractivity (Wildman–Crippen MR) is 69.7 cm³/mol. The average Bonchev–Trinajstić information content (AvgIpc) is 2.41.